The fraction of sp³-hybridized carbons (Fsp3) is 0.273. The second kappa shape index (κ2) is 8.66. The number of rotatable bonds is 4. The summed E-state index contributed by atoms with van der Waals surface area (Å²) in [5.41, 5.74) is 2.64. The summed E-state index contributed by atoms with van der Waals surface area (Å²) in [7, 11) is 0. The third-order valence-electron chi connectivity index (χ3n) is 5.18. The largest absolute Gasteiger partial charge is 0.333 e. The van der Waals surface area contributed by atoms with Crippen molar-refractivity contribution in [2.75, 3.05) is 26.2 Å². The molecular weight excluding hydrogens is 400 g/mol. The minimum atomic E-state index is -0.149. The molecule has 0 N–H and O–H groups in total. The molecule has 1 amide bonds. The van der Waals surface area contributed by atoms with Crippen LogP contribution in [0.2, 0.25) is 5.02 Å². The Kier molecular flexibility index (Phi) is 5.79. The molecule has 152 valence electrons. The van der Waals surface area contributed by atoms with E-state index in [1.807, 2.05) is 43.3 Å². The summed E-state index contributed by atoms with van der Waals surface area (Å²) in [6.07, 6.45) is 0. The van der Waals surface area contributed by atoms with Gasteiger partial charge in [-0.1, -0.05) is 23.7 Å². The Labute approximate surface area is 180 Å². The third-order valence-corrected chi connectivity index (χ3v) is 5.43. The average molecular weight is 421 g/mol. The maximum atomic E-state index is 12.9. The summed E-state index contributed by atoms with van der Waals surface area (Å²) in [5, 5.41) is 14.0. The Morgan fingerprint density at radius 2 is 1.73 bits per heavy atom. The molecule has 0 spiro atoms. The van der Waals surface area contributed by atoms with E-state index < -0.39 is 0 Å². The molecular formula is C22H21ClN6O. The van der Waals surface area contributed by atoms with E-state index in [0.29, 0.717) is 29.5 Å². The zero-order chi connectivity index (χ0) is 21.1. The topological polar surface area (TPSA) is 78.1 Å². The molecule has 1 saturated heterocycles. The Morgan fingerprint density at radius 3 is 2.37 bits per heavy atom. The van der Waals surface area contributed by atoms with Gasteiger partial charge in [-0.3, -0.25) is 9.69 Å². The Bertz CT molecular complexity index is 1080. The van der Waals surface area contributed by atoms with Crippen LogP contribution in [0.1, 0.15) is 27.6 Å². The normalized spacial score (nSPS) is 14.5. The lowest BCUT2D eigenvalue weighted by Crippen LogP contribution is -2.48. The number of halogens is 1. The lowest BCUT2D eigenvalue weighted by molar-refractivity contribution is 0.0616. The molecule has 0 aliphatic carbocycles. The second-order valence-electron chi connectivity index (χ2n) is 7.25. The first-order valence-electron chi connectivity index (χ1n) is 9.74. The predicted molar refractivity (Wildman–Crippen MR) is 113 cm³/mol. The number of carbonyl (C=O) groups excluding carboxylic acids is 1. The zero-order valence-electron chi connectivity index (χ0n) is 16.6. The van der Waals surface area contributed by atoms with Gasteiger partial charge in [0.1, 0.15) is 5.82 Å². The lowest BCUT2D eigenvalue weighted by atomic mass is 10.1. The van der Waals surface area contributed by atoms with Gasteiger partial charge in [-0.05, 0) is 48.9 Å². The standard InChI is InChI=1S/C22H21ClN6O/c1-16-25-21(26-29(16)20-8-6-19(23)7-9-20)22(30)28-12-10-27(11-13-28)15-18-4-2-17(14-24)3-5-18/h2-9H,10-13,15H2,1H3. The number of nitrogens with zero attached hydrogens (tertiary/aromatic N) is 6. The highest BCUT2D eigenvalue weighted by atomic mass is 35.5. The van der Waals surface area contributed by atoms with E-state index in [1.54, 1.807) is 21.7 Å². The number of hydrogen-bond acceptors (Lipinski definition) is 5. The van der Waals surface area contributed by atoms with Crippen molar-refractivity contribution in [2.45, 2.75) is 13.5 Å². The smallest absolute Gasteiger partial charge is 0.293 e. The van der Waals surface area contributed by atoms with Gasteiger partial charge >= 0.3 is 0 Å². The number of carbonyl (C=O) groups is 1. The first kappa shape index (κ1) is 20.1. The predicted octanol–water partition coefficient (Wildman–Crippen LogP) is 3.06. The van der Waals surface area contributed by atoms with Crippen LogP contribution in [-0.2, 0) is 6.54 Å². The van der Waals surface area contributed by atoms with Gasteiger partial charge in [-0.2, -0.15) is 5.26 Å². The van der Waals surface area contributed by atoms with Gasteiger partial charge in [0.15, 0.2) is 0 Å². The van der Waals surface area contributed by atoms with Crippen molar-refractivity contribution in [3.05, 3.63) is 76.3 Å². The Morgan fingerprint density at radius 1 is 1.07 bits per heavy atom. The number of hydrogen-bond donors (Lipinski definition) is 0. The molecule has 0 bridgehead atoms. The maximum absolute atomic E-state index is 12.9. The van der Waals surface area contributed by atoms with E-state index in [2.05, 4.69) is 21.1 Å². The highest BCUT2D eigenvalue weighted by Gasteiger charge is 2.25. The fourth-order valence-corrected chi connectivity index (χ4v) is 3.63. The number of amides is 1. The third kappa shape index (κ3) is 4.35. The molecule has 2 heterocycles. The van der Waals surface area contributed by atoms with E-state index in [-0.39, 0.29) is 11.7 Å². The van der Waals surface area contributed by atoms with Crippen LogP contribution in [0, 0.1) is 18.3 Å². The van der Waals surface area contributed by atoms with Crippen LogP contribution in [0.25, 0.3) is 5.69 Å². The van der Waals surface area contributed by atoms with Crippen molar-refractivity contribution in [3.8, 4) is 11.8 Å². The molecule has 4 rings (SSSR count). The molecule has 0 unspecified atom stereocenters. The van der Waals surface area contributed by atoms with Crippen LogP contribution < -0.4 is 0 Å². The molecule has 1 aliphatic rings. The molecule has 1 aromatic heterocycles. The van der Waals surface area contributed by atoms with Gasteiger partial charge in [0.05, 0.1) is 17.3 Å². The number of benzene rings is 2. The van der Waals surface area contributed by atoms with E-state index in [9.17, 15) is 4.79 Å². The first-order chi connectivity index (χ1) is 14.5. The summed E-state index contributed by atoms with van der Waals surface area (Å²) >= 11 is 5.95. The van der Waals surface area contributed by atoms with E-state index in [4.69, 9.17) is 16.9 Å². The molecule has 1 fully saturated rings. The van der Waals surface area contributed by atoms with Crippen molar-refractivity contribution in [3.63, 3.8) is 0 Å². The van der Waals surface area contributed by atoms with Crippen molar-refractivity contribution in [1.82, 2.24) is 24.6 Å². The van der Waals surface area contributed by atoms with Crippen LogP contribution in [0.5, 0.6) is 0 Å². The minimum Gasteiger partial charge on any atom is -0.333 e. The molecule has 0 atom stereocenters. The molecule has 0 saturated carbocycles. The molecule has 30 heavy (non-hydrogen) atoms. The minimum absolute atomic E-state index is 0.149. The van der Waals surface area contributed by atoms with Crippen LogP contribution >= 0.6 is 11.6 Å². The molecule has 2 aromatic carbocycles. The zero-order valence-corrected chi connectivity index (χ0v) is 17.4. The van der Waals surface area contributed by atoms with Crippen molar-refractivity contribution in [1.29, 1.82) is 5.26 Å². The highest BCUT2D eigenvalue weighted by Crippen LogP contribution is 2.16. The first-order valence-corrected chi connectivity index (χ1v) is 10.1. The van der Waals surface area contributed by atoms with Gasteiger partial charge in [0, 0.05) is 37.7 Å². The second-order valence-corrected chi connectivity index (χ2v) is 7.68. The maximum Gasteiger partial charge on any atom is 0.293 e. The van der Waals surface area contributed by atoms with Crippen molar-refractivity contribution in [2.24, 2.45) is 0 Å². The SMILES string of the molecule is Cc1nc(C(=O)N2CCN(Cc3ccc(C#N)cc3)CC2)nn1-c1ccc(Cl)cc1. The van der Waals surface area contributed by atoms with Crippen molar-refractivity contribution >= 4 is 17.5 Å². The monoisotopic (exact) mass is 420 g/mol. The summed E-state index contributed by atoms with van der Waals surface area (Å²) in [4.78, 5) is 21.4. The summed E-state index contributed by atoms with van der Waals surface area (Å²) < 4.78 is 1.66. The number of aromatic nitrogens is 3. The average Bonchev–Trinajstić information content (AvgIpc) is 3.16. The highest BCUT2D eigenvalue weighted by molar-refractivity contribution is 6.30. The van der Waals surface area contributed by atoms with Gasteiger partial charge in [-0.15, -0.1) is 5.10 Å². The van der Waals surface area contributed by atoms with Crippen molar-refractivity contribution < 1.29 is 4.79 Å². The van der Waals surface area contributed by atoms with E-state index in [0.717, 1.165) is 30.9 Å². The van der Waals surface area contributed by atoms with E-state index in [1.165, 1.54) is 0 Å². The van der Waals surface area contributed by atoms with Gasteiger partial charge in [0.2, 0.25) is 5.82 Å². The number of nitriles is 1. The van der Waals surface area contributed by atoms with Crippen LogP contribution in [0.4, 0.5) is 0 Å². The van der Waals surface area contributed by atoms with Crippen LogP contribution in [0.15, 0.2) is 48.5 Å². The quantitative estimate of drug-likeness (QED) is 0.648. The van der Waals surface area contributed by atoms with Gasteiger partial charge in [-0.25, -0.2) is 9.67 Å². The summed E-state index contributed by atoms with van der Waals surface area (Å²) in [6.45, 7) is 5.45. The molecule has 0 radical (unpaired) electrons. The van der Waals surface area contributed by atoms with Gasteiger partial charge in [0.25, 0.3) is 5.91 Å². The molecule has 1 aliphatic heterocycles. The van der Waals surface area contributed by atoms with Crippen LogP contribution in [-0.4, -0.2) is 56.7 Å². The summed E-state index contributed by atoms with van der Waals surface area (Å²) in [5.74, 6) is 0.715. The van der Waals surface area contributed by atoms with E-state index >= 15 is 0 Å². The lowest BCUT2D eigenvalue weighted by Gasteiger charge is -2.34. The fourth-order valence-electron chi connectivity index (χ4n) is 3.50. The number of aryl methyl sites for hydroxylation is 1. The van der Waals surface area contributed by atoms with Crippen LogP contribution in [0.3, 0.4) is 0 Å². The summed E-state index contributed by atoms with van der Waals surface area (Å²) in [6, 6.07) is 17.0. The molecule has 3 aromatic rings. The molecule has 7 nitrogen and oxygen atoms in total. The molecule has 8 heteroatoms. The Balaban J connectivity index is 1.38. The Hall–Kier alpha value is -3.21. The number of piperazine rings is 1. The van der Waals surface area contributed by atoms with Gasteiger partial charge < -0.3 is 4.90 Å².